The number of fused-ring (bicyclic) bond motifs is 1. The maximum atomic E-state index is 12.3. The van der Waals surface area contributed by atoms with Crippen LogP contribution in [0.1, 0.15) is 15.9 Å². The molecule has 0 atom stereocenters. The van der Waals surface area contributed by atoms with Gasteiger partial charge in [-0.15, -0.1) is 0 Å². The average molecular weight is 342 g/mol. The molecule has 1 N–H and O–H groups in total. The summed E-state index contributed by atoms with van der Waals surface area (Å²) >= 11 is 0. The van der Waals surface area contributed by atoms with E-state index in [-0.39, 0.29) is 10.8 Å². The van der Waals surface area contributed by atoms with Gasteiger partial charge in [-0.1, -0.05) is 12.1 Å². The molecule has 1 aromatic heterocycles. The first-order valence-corrected chi connectivity index (χ1v) is 9.36. The Hall–Kier alpha value is -2.60. The van der Waals surface area contributed by atoms with Gasteiger partial charge in [-0.25, -0.2) is 8.42 Å². The summed E-state index contributed by atoms with van der Waals surface area (Å²) in [5.74, 6) is -0.159. The molecule has 1 heterocycles. The smallest absolute Gasteiger partial charge is 0.251 e. The van der Waals surface area contributed by atoms with Crippen molar-refractivity contribution in [1.29, 1.82) is 0 Å². The lowest BCUT2D eigenvalue weighted by Crippen LogP contribution is -2.22. The lowest BCUT2D eigenvalue weighted by molar-refractivity contribution is 0.0951. The largest absolute Gasteiger partial charge is 0.351 e. The second-order valence-electron chi connectivity index (χ2n) is 5.80. The average Bonchev–Trinajstić information content (AvgIpc) is 2.93. The zero-order valence-electron chi connectivity index (χ0n) is 13.5. The highest BCUT2D eigenvalue weighted by molar-refractivity contribution is 7.90. The number of carbonyl (C=O) groups is 1. The van der Waals surface area contributed by atoms with Crippen LogP contribution in [-0.4, -0.2) is 25.1 Å². The van der Waals surface area contributed by atoms with E-state index in [1.807, 2.05) is 36.0 Å². The van der Waals surface area contributed by atoms with Gasteiger partial charge >= 0.3 is 0 Å². The summed E-state index contributed by atoms with van der Waals surface area (Å²) in [6, 6.07) is 14.1. The van der Waals surface area contributed by atoms with Gasteiger partial charge in [-0.05, 0) is 42.0 Å². The van der Waals surface area contributed by atoms with Crippen LogP contribution in [0.15, 0.2) is 59.6 Å². The van der Waals surface area contributed by atoms with Gasteiger partial charge in [0, 0.05) is 42.5 Å². The number of aryl methyl sites for hydroxylation is 1. The second kappa shape index (κ2) is 6.13. The molecule has 3 rings (SSSR count). The van der Waals surface area contributed by atoms with Crippen LogP contribution in [0.2, 0.25) is 0 Å². The molecule has 0 radical (unpaired) electrons. The summed E-state index contributed by atoms with van der Waals surface area (Å²) in [5.41, 5.74) is 2.51. The van der Waals surface area contributed by atoms with E-state index in [1.54, 1.807) is 30.3 Å². The van der Waals surface area contributed by atoms with Gasteiger partial charge in [0.05, 0.1) is 4.90 Å². The van der Waals surface area contributed by atoms with Gasteiger partial charge < -0.3 is 9.88 Å². The van der Waals surface area contributed by atoms with Crippen LogP contribution in [0.3, 0.4) is 0 Å². The number of nitrogens with zero attached hydrogens (tertiary/aromatic N) is 1. The van der Waals surface area contributed by atoms with Crippen molar-refractivity contribution >= 4 is 26.6 Å². The summed E-state index contributed by atoms with van der Waals surface area (Å²) in [6.45, 7) is 0.343. The van der Waals surface area contributed by atoms with E-state index in [1.165, 1.54) is 6.26 Å². The lowest BCUT2D eigenvalue weighted by Gasteiger charge is -2.07. The topological polar surface area (TPSA) is 68.2 Å². The molecule has 0 fully saturated rings. The quantitative estimate of drug-likeness (QED) is 0.792. The van der Waals surface area contributed by atoms with Gasteiger partial charge in [-0.3, -0.25) is 4.79 Å². The Morgan fingerprint density at radius 1 is 1.08 bits per heavy atom. The fraction of sp³-hybridized carbons (Fsp3) is 0.167. The molecule has 3 aromatic rings. The summed E-state index contributed by atoms with van der Waals surface area (Å²) in [5, 5.41) is 3.87. The fourth-order valence-corrected chi connectivity index (χ4v) is 3.19. The van der Waals surface area contributed by atoms with E-state index in [9.17, 15) is 13.2 Å². The van der Waals surface area contributed by atoms with Crippen molar-refractivity contribution in [2.75, 3.05) is 6.26 Å². The molecule has 0 saturated carbocycles. The molecule has 124 valence electrons. The third kappa shape index (κ3) is 3.33. The first-order chi connectivity index (χ1) is 11.3. The number of benzene rings is 2. The minimum Gasteiger partial charge on any atom is -0.351 e. The Kier molecular flexibility index (Phi) is 4.15. The number of carbonyl (C=O) groups excluding carboxylic acids is 1. The molecule has 0 bridgehead atoms. The minimum atomic E-state index is -3.20. The first-order valence-electron chi connectivity index (χ1n) is 7.47. The molecule has 0 aliphatic carbocycles. The third-order valence-corrected chi connectivity index (χ3v) is 5.08. The van der Waals surface area contributed by atoms with Crippen molar-refractivity contribution in [2.24, 2.45) is 7.05 Å². The Labute approximate surface area is 140 Å². The maximum absolute atomic E-state index is 12.3. The maximum Gasteiger partial charge on any atom is 0.251 e. The van der Waals surface area contributed by atoms with E-state index in [4.69, 9.17) is 0 Å². The van der Waals surface area contributed by atoms with Crippen LogP contribution >= 0.6 is 0 Å². The van der Waals surface area contributed by atoms with E-state index in [2.05, 4.69) is 5.32 Å². The molecule has 1 amide bonds. The van der Waals surface area contributed by atoms with E-state index < -0.39 is 9.84 Å². The molecular weight excluding hydrogens is 324 g/mol. The summed E-state index contributed by atoms with van der Waals surface area (Å²) < 4.78 is 24.9. The molecule has 0 spiro atoms. The zero-order valence-corrected chi connectivity index (χ0v) is 14.3. The monoisotopic (exact) mass is 342 g/mol. The van der Waals surface area contributed by atoms with Gasteiger partial charge in [-0.2, -0.15) is 0 Å². The molecule has 0 aliphatic rings. The van der Waals surface area contributed by atoms with Crippen molar-refractivity contribution in [3.63, 3.8) is 0 Å². The predicted molar refractivity (Wildman–Crippen MR) is 93.6 cm³/mol. The number of aromatic nitrogens is 1. The molecule has 24 heavy (non-hydrogen) atoms. The molecule has 0 unspecified atom stereocenters. The number of hydrogen-bond donors (Lipinski definition) is 1. The number of sulfone groups is 1. The third-order valence-electron chi connectivity index (χ3n) is 3.95. The Balaban J connectivity index is 1.70. The second-order valence-corrected chi connectivity index (χ2v) is 7.81. The SMILES string of the molecule is Cn1ccc2cc(C(=O)NCc3ccc(S(C)(=O)=O)cc3)ccc21. The Morgan fingerprint density at radius 2 is 1.79 bits per heavy atom. The standard InChI is InChI=1S/C18H18N2O3S/c1-20-10-9-14-11-15(5-8-17(14)20)18(21)19-12-13-3-6-16(7-4-13)24(2,22)23/h3-11H,12H2,1-2H3,(H,19,21). The van der Waals surface area contributed by atoms with Crippen LogP contribution in [-0.2, 0) is 23.4 Å². The zero-order chi connectivity index (χ0) is 17.3. The number of hydrogen-bond acceptors (Lipinski definition) is 3. The number of rotatable bonds is 4. The molecule has 5 nitrogen and oxygen atoms in total. The van der Waals surface area contributed by atoms with E-state index in [0.717, 1.165) is 16.5 Å². The number of nitrogens with one attached hydrogen (secondary N) is 1. The van der Waals surface area contributed by atoms with Crippen LogP contribution in [0, 0.1) is 0 Å². The van der Waals surface area contributed by atoms with Crippen molar-refractivity contribution in [3.8, 4) is 0 Å². The van der Waals surface area contributed by atoms with Crippen LogP contribution in [0.5, 0.6) is 0 Å². The van der Waals surface area contributed by atoms with Crippen LogP contribution < -0.4 is 5.32 Å². The van der Waals surface area contributed by atoms with Crippen molar-refractivity contribution < 1.29 is 13.2 Å². The predicted octanol–water partition coefficient (Wildman–Crippen LogP) is 2.51. The Bertz CT molecular complexity index is 1000. The molecular formula is C18H18N2O3S. The van der Waals surface area contributed by atoms with Crippen molar-refractivity contribution in [3.05, 3.63) is 65.9 Å². The molecule has 0 aliphatic heterocycles. The summed E-state index contributed by atoms with van der Waals surface area (Å²) in [4.78, 5) is 12.6. The molecule has 6 heteroatoms. The minimum absolute atomic E-state index is 0.159. The highest BCUT2D eigenvalue weighted by Crippen LogP contribution is 2.17. The Morgan fingerprint density at radius 3 is 2.46 bits per heavy atom. The van der Waals surface area contributed by atoms with Crippen molar-refractivity contribution in [2.45, 2.75) is 11.4 Å². The van der Waals surface area contributed by atoms with Gasteiger partial charge in [0.25, 0.3) is 5.91 Å². The fourth-order valence-electron chi connectivity index (χ4n) is 2.56. The van der Waals surface area contributed by atoms with E-state index >= 15 is 0 Å². The highest BCUT2D eigenvalue weighted by Gasteiger charge is 2.09. The van der Waals surface area contributed by atoms with Crippen molar-refractivity contribution in [1.82, 2.24) is 9.88 Å². The van der Waals surface area contributed by atoms with Crippen LogP contribution in [0.4, 0.5) is 0 Å². The van der Waals surface area contributed by atoms with Crippen LogP contribution in [0.25, 0.3) is 10.9 Å². The number of amides is 1. The van der Waals surface area contributed by atoms with Gasteiger partial charge in [0.2, 0.25) is 0 Å². The van der Waals surface area contributed by atoms with E-state index in [0.29, 0.717) is 12.1 Å². The first kappa shape index (κ1) is 16.3. The molecule has 0 saturated heterocycles. The summed E-state index contributed by atoms with van der Waals surface area (Å²) in [7, 11) is -1.24. The lowest BCUT2D eigenvalue weighted by atomic mass is 10.1. The van der Waals surface area contributed by atoms with Gasteiger partial charge in [0.1, 0.15) is 0 Å². The molecule has 2 aromatic carbocycles. The van der Waals surface area contributed by atoms with Gasteiger partial charge in [0.15, 0.2) is 9.84 Å². The normalized spacial score (nSPS) is 11.6. The highest BCUT2D eigenvalue weighted by atomic mass is 32.2. The summed E-state index contributed by atoms with van der Waals surface area (Å²) in [6.07, 6.45) is 3.12.